The van der Waals surface area contributed by atoms with Crippen molar-refractivity contribution in [1.82, 2.24) is 0 Å². The van der Waals surface area contributed by atoms with E-state index >= 15 is 0 Å². The predicted octanol–water partition coefficient (Wildman–Crippen LogP) is 5.39. The van der Waals surface area contributed by atoms with Gasteiger partial charge in [-0.1, -0.05) is 52.9 Å². The molecule has 18 heavy (non-hydrogen) atoms. The molecule has 0 heterocycles. The van der Waals surface area contributed by atoms with Gasteiger partial charge in [0, 0.05) is 28.6 Å². The van der Waals surface area contributed by atoms with E-state index in [1.165, 1.54) is 43.4 Å². The van der Waals surface area contributed by atoms with Gasteiger partial charge in [-0.05, 0) is 37.5 Å². The minimum atomic E-state index is 0.694. The zero-order chi connectivity index (χ0) is 13.0. The van der Waals surface area contributed by atoms with Gasteiger partial charge in [-0.15, -0.1) is 0 Å². The van der Waals surface area contributed by atoms with Crippen molar-refractivity contribution in [3.8, 4) is 0 Å². The van der Waals surface area contributed by atoms with E-state index < -0.39 is 0 Å². The van der Waals surface area contributed by atoms with Crippen LogP contribution >= 0.6 is 27.5 Å². The highest BCUT2D eigenvalue weighted by molar-refractivity contribution is 9.08. The van der Waals surface area contributed by atoms with Gasteiger partial charge in [0.2, 0.25) is 0 Å². The normalized spacial score (nSPS) is 16.8. The van der Waals surface area contributed by atoms with E-state index in [1.54, 1.807) is 0 Å². The Morgan fingerprint density at radius 1 is 1.28 bits per heavy atom. The molecule has 0 aliphatic heterocycles. The minimum Gasteiger partial charge on any atom is -0.369 e. The van der Waals surface area contributed by atoms with Gasteiger partial charge >= 0.3 is 0 Å². The first kappa shape index (κ1) is 14.2. The number of nitrogens with zero attached hydrogens (tertiary/aromatic N) is 1. The summed E-state index contributed by atoms with van der Waals surface area (Å²) in [6.45, 7) is 3.30. The van der Waals surface area contributed by atoms with Crippen LogP contribution in [-0.4, -0.2) is 12.6 Å². The molecule has 0 radical (unpaired) electrons. The van der Waals surface area contributed by atoms with Crippen LogP contribution in [0.25, 0.3) is 0 Å². The maximum atomic E-state index is 6.17. The zero-order valence-electron chi connectivity index (χ0n) is 11.0. The molecule has 0 aromatic heterocycles. The highest BCUT2D eigenvalue weighted by Crippen LogP contribution is 2.32. The maximum absolute atomic E-state index is 6.17. The SMILES string of the molecule is CCN(c1cc(Cl)ccc1CBr)C1CCCCC1. The van der Waals surface area contributed by atoms with Crippen molar-refractivity contribution in [2.24, 2.45) is 0 Å². The van der Waals surface area contributed by atoms with Crippen molar-refractivity contribution >= 4 is 33.2 Å². The Kier molecular flexibility index (Phi) is 5.38. The third-order valence-electron chi connectivity index (χ3n) is 3.86. The van der Waals surface area contributed by atoms with E-state index in [-0.39, 0.29) is 0 Å². The molecule has 1 aliphatic rings. The molecular weight excluding hydrogens is 310 g/mol. The van der Waals surface area contributed by atoms with E-state index in [4.69, 9.17) is 11.6 Å². The molecule has 1 aromatic rings. The highest BCUT2D eigenvalue weighted by atomic mass is 79.9. The topological polar surface area (TPSA) is 3.24 Å². The summed E-state index contributed by atoms with van der Waals surface area (Å²) in [4.78, 5) is 2.54. The standard InChI is InChI=1S/C15H21BrClN/c1-2-18(14-6-4-3-5-7-14)15-10-13(17)9-8-12(15)11-16/h8-10,14H,2-7,11H2,1H3. The van der Waals surface area contributed by atoms with Gasteiger partial charge in [-0.25, -0.2) is 0 Å². The lowest BCUT2D eigenvalue weighted by molar-refractivity contribution is 0.418. The Hall–Kier alpha value is -0.210. The van der Waals surface area contributed by atoms with Gasteiger partial charge in [-0.2, -0.15) is 0 Å². The molecule has 1 nitrogen and oxygen atoms in total. The van der Waals surface area contributed by atoms with Crippen LogP contribution in [0.5, 0.6) is 0 Å². The fourth-order valence-electron chi connectivity index (χ4n) is 2.94. The first-order valence-electron chi connectivity index (χ1n) is 6.87. The molecule has 0 saturated heterocycles. The third-order valence-corrected chi connectivity index (χ3v) is 4.70. The fraction of sp³-hybridized carbons (Fsp3) is 0.600. The molecule has 0 bridgehead atoms. The van der Waals surface area contributed by atoms with E-state index in [0.29, 0.717) is 6.04 Å². The molecule has 0 amide bonds. The van der Waals surface area contributed by atoms with Crippen LogP contribution in [0.4, 0.5) is 5.69 Å². The van der Waals surface area contributed by atoms with Gasteiger partial charge < -0.3 is 4.90 Å². The Bertz CT molecular complexity index is 388. The second-order valence-electron chi connectivity index (χ2n) is 4.98. The lowest BCUT2D eigenvalue weighted by Crippen LogP contribution is -2.37. The van der Waals surface area contributed by atoms with Crippen LogP contribution in [-0.2, 0) is 5.33 Å². The van der Waals surface area contributed by atoms with Crippen LogP contribution in [0.15, 0.2) is 18.2 Å². The molecular formula is C15H21BrClN. The van der Waals surface area contributed by atoms with Crippen LogP contribution in [0.2, 0.25) is 5.02 Å². The van der Waals surface area contributed by atoms with Crippen molar-refractivity contribution in [3.63, 3.8) is 0 Å². The molecule has 100 valence electrons. The van der Waals surface area contributed by atoms with Crippen LogP contribution in [0.3, 0.4) is 0 Å². The summed E-state index contributed by atoms with van der Waals surface area (Å²) in [5.41, 5.74) is 2.65. The fourth-order valence-corrected chi connectivity index (χ4v) is 3.58. The molecule has 0 spiro atoms. The summed E-state index contributed by atoms with van der Waals surface area (Å²) < 4.78 is 0. The second-order valence-corrected chi connectivity index (χ2v) is 5.98. The average molecular weight is 331 g/mol. The molecule has 1 saturated carbocycles. The third kappa shape index (κ3) is 3.21. The monoisotopic (exact) mass is 329 g/mol. The van der Waals surface area contributed by atoms with Crippen molar-refractivity contribution in [2.75, 3.05) is 11.4 Å². The summed E-state index contributed by atoms with van der Waals surface area (Å²) in [7, 11) is 0. The van der Waals surface area contributed by atoms with Crippen molar-refractivity contribution in [2.45, 2.75) is 50.4 Å². The molecule has 1 fully saturated rings. The molecule has 0 N–H and O–H groups in total. The number of rotatable bonds is 4. The number of halogens is 2. The number of anilines is 1. The first-order valence-corrected chi connectivity index (χ1v) is 8.37. The van der Waals surface area contributed by atoms with Gasteiger partial charge in [0.25, 0.3) is 0 Å². The molecule has 1 aromatic carbocycles. The Morgan fingerprint density at radius 2 is 2.00 bits per heavy atom. The van der Waals surface area contributed by atoms with E-state index in [1.807, 2.05) is 6.07 Å². The van der Waals surface area contributed by atoms with Crippen LogP contribution in [0.1, 0.15) is 44.6 Å². The van der Waals surface area contributed by atoms with Gasteiger partial charge in [0.05, 0.1) is 0 Å². The minimum absolute atomic E-state index is 0.694. The number of hydrogen-bond acceptors (Lipinski definition) is 1. The zero-order valence-corrected chi connectivity index (χ0v) is 13.3. The average Bonchev–Trinajstić information content (AvgIpc) is 2.41. The summed E-state index contributed by atoms with van der Waals surface area (Å²) >= 11 is 9.76. The first-order chi connectivity index (χ1) is 8.76. The van der Waals surface area contributed by atoms with E-state index in [0.717, 1.165) is 16.9 Å². The Labute approximate surface area is 124 Å². The quantitative estimate of drug-likeness (QED) is 0.669. The Morgan fingerprint density at radius 3 is 2.61 bits per heavy atom. The van der Waals surface area contributed by atoms with E-state index in [2.05, 4.69) is 39.9 Å². The van der Waals surface area contributed by atoms with Gasteiger partial charge in [0.15, 0.2) is 0 Å². The molecule has 1 aliphatic carbocycles. The lowest BCUT2D eigenvalue weighted by Gasteiger charge is -2.36. The second kappa shape index (κ2) is 6.81. The summed E-state index contributed by atoms with van der Waals surface area (Å²) in [6, 6.07) is 6.94. The number of benzene rings is 1. The molecule has 0 unspecified atom stereocenters. The highest BCUT2D eigenvalue weighted by Gasteiger charge is 2.21. The molecule has 2 rings (SSSR count). The summed E-state index contributed by atoms with van der Waals surface area (Å²) in [6.07, 6.45) is 6.77. The van der Waals surface area contributed by atoms with Crippen LogP contribution in [0, 0.1) is 0 Å². The smallest absolute Gasteiger partial charge is 0.0426 e. The van der Waals surface area contributed by atoms with Gasteiger partial charge in [0.1, 0.15) is 0 Å². The van der Waals surface area contributed by atoms with Crippen molar-refractivity contribution in [1.29, 1.82) is 0 Å². The van der Waals surface area contributed by atoms with Gasteiger partial charge in [-0.3, -0.25) is 0 Å². The largest absolute Gasteiger partial charge is 0.369 e. The number of hydrogen-bond donors (Lipinski definition) is 0. The summed E-state index contributed by atoms with van der Waals surface area (Å²) in [5.74, 6) is 0. The summed E-state index contributed by atoms with van der Waals surface area (Å²) in [5, 5.41) is 1.73. The van der Waals surface area contributed by atoms with Crippen molar-refractivity contribution in [3.05, 3.63) is 28.8 Å². The molecule has 3 heteroatoms. The van der Waals surface area contributed by atoms with Crippen LogP contribution < -0.4 is 4.90 Å². The van der Waals surface area contributed by atoms with E-state index in [9.17, 15) is 0 Å². The molecule has 0 atom stereocenters. The predicted molar refractivity (Wildman–Crippen MR) is 84.0 cm³/mol. The van der Waals surface area contributed by atoms with Crippen molar-refractivity contribution < 1.29 is 0 Å². The lowest BCUT2D eigenvalue weighted by atomic mass is 9.93. The Balaban J connectivity index is 2.27. The number of alkyl halides is 1. The maximum Gasteiger partial charge on any atom is 0.0426 e.